The Bertz CT molecular complexity index is 764. The molecule has 0 bridgehead atoms. The molecule has 108 valence electrons. The van der Waals surface area contributed by atoms with E-state index in [1.165, 1.54) is 12.1 Å². The van der Waals surface area contributed by atoms with E-state index < -0.39 is 6.04 Å². The minimum Gasteiger partial charge on any atom is -0.337 e. The number of nitrogens with two attached hydrogens (primary N) is 1. The summed E-state index contributed by atoms with van der Waals surface area (Å²) in [4.78, 5) is 4.22. The molecule has 0 aliphatic carbocycles. The Morgan fingerprint density at radius 1 is 1.38 bits per heavy atom. The lowest BCUT2D eigenvalue weighted by atomic mass is 10.2. The molecule has 0 saturated heterocycles. The minimum atomic E-state index is -0.572. The lowest BCUT2D eigenvalue weighted by molar-refractivity contribution is 0.367. The number of aromatic nitrogens is 4. The summed E-state index contributed by atoms with van der Waals surface area (Å²) in [5, 5.41) is 7.88. The van der Waals surface area contributed by atoms with Gasteiger partial charge in [0.15, 0.2) is 0 Å². The first kappa shape index (κ1) is 13.9. The average Bonchev–Trinajstić information content (AvgIpc) is 3.05. The molecular weight excluding hydrogens is 341 g/mol. The molecule has 0 saturated carbocycles. The van der Waals surface area contributed by atoms with E-state index in [9.17, 15) is 4.39 Å². The van der Waals surface area contributed by atoms with E-state index in [1.54, 1.807) is 30.2 Å². The van der Waals surface area contributed by atoms with Crippen LogP contribution >= 0.6 is 15.9 Å². The second-order valence-electron chi connectivity index (χ2n) is 4.54. The van der Waals surface area contributed by atoms with Crippen LogP contribution in [0.25, 0.3) is 11.4 Å². The Hall–Kier alpha value is -2.06. The van der Waals surface area contributed by atoms with Gasteiger partial charge in [-0.1, -0.05) is 21.1 Å². The van der Waals surface area contributed by atoms with Crippen molar-refractivity contribution in [3.63, 3.8) is 0 Å². The Kier molecular flexibility index (Phi) is 3.56. The van der Waals surface area contributed by atoms with Crippen molar-refractivity contribution in [2.24, 2.45) is 12.8 Å². The van der Waals surface area contributed by atoms with Crippen molar-refractivity contribution in [1.29, 1.82) is 0 Å². The zero-order valence-electron chi connectivity index (χ0n) is 11.0. The van der Waals surface area contributed by atoms with E-state index in [-0.39, 0.29) is 17.5 Å². The van der Waals surface area contributed by atoms with Gasteiger partial charge in [0.2, 0.25) is 11.7 Å². The molecule has 0 aliphatic heterocycles. The largest absolute Gasteiger partial charge is 0.337 e. The smallest absolute Gasteiger partial charge is 0.248 e. The van der Waals surface area contributed by atoms with Gasteiger partial charge in [0.05, 0.1) is 6.20 Å². The summed E-state index contributed by atoms with van der Waals surface area (Å²) in [6.07, 6.45) is 3.40. The van der Waals surface area contributed by atoms with Gasteiger partial charge in [-0.25, -0.2) is 4.39 Å². The summed E-state index contributed by atoms with van der Waals surface area (Å²) in [6.45, 7) is 0. The molecule has 8 heteroatoms. The first-order chi connectivity index (χ1) is 10.0. The summed E-state index contributed by atoms with van der Waals surface area (Å²) in [5.74, 6) is 0.144. The molecule has 2 N–H and O–H groups in total. The SMILES string of the molecule is Cn1cc(C(N)c2nc(-c3cc(F)cc(Br)c3)no2)cn1. The molecule has 0 spiro atoms. The first-order valence-electron chi connectivity index (χ1n) is 6.07. The van der Waals surface area contributed by atoms with Crippen molar-refractivity contribution in [1.82, 2.24) is 19.9 Å². The van der Waals surface area contributed by atoms with E-state index in [2.05, 4.69) is 31.2 Å². The van der Waals surface area contributed by atoms with Crippen molar-refractivity contribution < 1.29 is 8.91 Å². The van der Waals surface area contributed by atoms with Gasteiger partial charge in [0, 0.05) is 28.8 Å². The molecule has 0 amide bonds. The lowest BCUT2D eigenvalue weighted by Crippen LogP contribution is -2.11. The summed E-state index contributed by atoms with van der Waals surface area (Å²) < 4.78 is 20.8. The van der Waals surface area contributed by atoms with Crippen LogP contribution in [0.1, 0.15) is 17.5 Å². The van der Waals surface area contributed by atoms with E-state index >= 15 is 0 Å². The highest BCUT2D eigenvalue weighted by atomic mass is 79.9. The molecule has 3 rings (SSSR count). The molecule has 6 nitrogen and oxygen atoms in total. The quantitative estimate of drug-likeness (QED) is 0.783. The Morgan fingerprint density at radius 3 is 2.86 bits per heavy atom. The third kappa shape index (κ3) is 2.86. The Morgan fingerprint density at radius 2 is 2.19 bits per heavy atom. The molecule has 1 aromatic carbocycles. The van der Waals surface area contributed by atoms with Gasteiger partial charge in [-0.3, -0.25) is 4.68 Å². The van der Waals surface area contributed by atoms with E-state index in [1.807, 2.05) is 0 Å². The van der Waals surface area contributed by atoms with Crippen LogP contribution in [-0.2, 0) is 7.05 Å². The highest BCUT2D eigenvalue weighted by Gasteiger charge is 2.19. The van der Waals surface area contributed by atoms with Crippen molar-refractivity contribution in [2.75, 3.05) is 0 Å². The molecule has 21 heavy (non-hydrogen) atoms. The molecule has 0 radical (unpaired) electrons. The number of benzene rings is 1. The fourth-order valence-electron chi connectivity index (χ4n) is 1.91. The van der Waals surface area contributed by atoms with Gasteiger partial charge in [-0.2, -0.15) is 10.1 Å². The number of aryl methyl sites for hydroxylation is 1. The van der Waals surface area contributed by atoms with Gasteiger partial charge < -0.3 is 10.3 Å². The molecule has 1 atom stereocenters. The van der Waals surface area contributed by atoms with E-state index in [4.69, 9.17) is 10.3 Å². The maximum Gasteiger partial charge on any atom is 0.248 e. The van der Waals surface area contributed by atoms with Crippen molar-refractivity contribution in [3.05, 3.63) is 52.3 Å². The molecule has 0 aliphatic rings. The third-order valence-corrected chi connectivity index (χ3v) is 3.37. The second kappa shape index (κ2) is 5.38. The van der Waals surface area contributed by atoms with Crippen LogP contribution in [0.5, 0.6) is 0 Å². The summed E-state index contributed by atoms with van der Waals surface area (Å²) >= 11 is 3.22. The maximum absolute atomic E-state index is 13.4. The van der Waals surface area contributed by atoms with E-state index in [0.29, 0.717) is 10.0 Å². The fourth-order valence-corrected chi connectivity index (χ4v) is 2.37. The number of hydrogen-bond acceptors (Lipinski definition) is 5. The van der Waals surface area contributed by atoms with Gasteiger partial charge in [0.1, 0.15) is 11.9 Å². The highest BCUT2D eigenvalue weighted by molar-refractivity contribution is 9.10. The maximum atomic E-state index is 13.4. The predicted molar refractivity (Wildman–Crippen MR) is 76.6 cm³/mol. The number of nitrogens with zero attached hydrogens (tertiary/aromatic N) is 4. The summed E-state index contributed by atoms with van der Waals surface area (Å²) in [6, 6.07) is 3.81. The van der Waals surface area contributed by atoms with Crippen molar-refractivity contribution in [2.45, 2.75) is 6.04 Å². The standard InChI is InChI=1S/C13H11BrFN5O/c1-20-6-8(5-17-20)11(16)13-18-12(19-21-13)7-2-9(14)4-10(15)3-7/h2-6,11H,16H2,1H3. The molecule has 2 aromatic heterocycles. The lowest BCUT2D eigenvalue weighted by Gasteiger charge is -2.01. The number of rotatable bonds is 3. The molecule has 0 fully saturated rings. The molecule has 3 aromatic rings. The predicted octanol–water partition coefficient (Wildman–Crippen LogP) is 2.42. The van der Waals surface area contributed by atoms with Crippen LogP contribution in [0.15, 0.2) is 39.6 Å². The van der Waals surface area contributed by atoms with Gasteiger partial charge in [-0.15, -0.1) is 0 Å². The van der Waals surface area contributed by atoms with Gasteiger partial charge in [-0.05, 0) is 18.2 Å². The number of halogens is 2. The van der Waals surface area contributed by atoms with Crippen LogP contribution < -0.4 is 5.73 Å². The fraction of sp³-hybridized carbons (Fsp3) is 0.154. The van der Waals surface area contributed by atoms with Crippen LogP contribution in [0.4, 0.5) is 4.39 Å². The highest BCUT2D eigenvalue weighted by Crippen LogP contribution is 2.24. The normalized spacial score (nSPS) is 12.6. The van der Waals surface area contributed by atoms with Crippen LogP contribution in [0.3, 0.4) is 0 Å². The van der Waals surface area contributed by atoms with Crippen molar-refractivity contribution >= 4 is 15.9 Å². The van der Waals surface area contributed by atoms with Gasteiger partial charge >= 0.3 is 0 Å². The van der Waals surface area contributed by atoms with Crippen molar-refractivity contribution in [3.8, 4) is 11.4 Å². The van der Waals surface area contributed by atoms with Crippen LogP contribution in [0.2, 0.25) is 0 Å². The number of hydrogen-bond donors (Lipinski definition) is 1. The topological polar surface area (TPSA) is 82.8 Å². The first-order valence-corrected chi connectivity index (χ1v) is 6.86. The van der Waals surface area contributed by atoms with Crippen LogP contribution in [-0.4, -0.2) is 19.9 Å². The summed E-state index contributed by atoms with van der Waals surface area (Å²) in [7, 11) is 1.79. The second-order valence-corrected chi connectivity index (χ2v) is 5.46. The summed E-state index contributed by atoms with van der Waals surface area (Å²) in [5.41, 5.74) is 7.31. The zero-order chi connectivity index (χ0) is 15.0. The minimum absolute atomic E-state index is 0.249. The Labute approximate surface area is 127 Å². The van der Waals surface area contributed by atoms with Gasteiger partial charge in [0.25, 0.3) is 0 Å². The third-order valence-electron chi connectivity index (χ3n) is 2.91. The molecule has 2 heterocycles. The average molecular weight is 352 g/mol. The monoisotopic (exact) mass is 351 g/mol. The van der Waals surface area contributed by atoms with E-state index in [0.717, 1.165) is 5.56 Å². The zero-order valence-corrected chi connectivity index (χ0v) is 12.6. The molecule has 1 unspecified atom stereocenters. The van der Waals surface area contributed by atoms with Crippen LogP contribution in [0, 0.1) is 5.82 Å². The Balaban J connectivity index is 1.92. The molecular formula is C13H11BrFN5O.